The summed E-state index contributed by atoms with van der Waals surface area (Å²) in [6.45, 7) is 6.20. The molecule has 2 aromatic carbocycles. The van der Waals surface area contributed by atoms with E-state index in [2.05, 4.69) is 29.4 Å². The van der Waals surface area contributed by atoms with Crippen LogP contribution in [0.4, 0.5) is 5.69 Å². The second kappa shape index (κ2) is 10.3. The maximum atomic E-state index is 12.3. The molecule has 0 saturated carbocycles. The Morgan fingerprint density at radius 2 is 1.68 bits per heavy atom. The quantitative estimate of drug-likeness (QED) is 0.481. The fourth-order valence-corrected chi connectivity index (χ4v) is 3.71. The van der Waals surface area contributed by atoms with E-state index in [0.717, 1.165) is 11.4 Å². The molecule has 7 nitrogen and oxygen atoms in total. The van der Waals surface area contributed by atoms with Crippen LogP contribution in [0.25, 0.3) is 0 Å². The molecule has 0 aliphatic carbocycles. The molecule has 8 heteroatoms. The molecule has 0 saturated heterocycles. The lowest BCUT2D eigenvalue weighted by Crippen LogP contribution is -2.15. The number of nitrogens with zero attached hydrogens (tertiary/aromatic N) is 3. The number of benzene rings is 2. The maximum absolute atomic E-state index is 12.3. The SMILES string of the molecule is COc1ccc(OC(C)c2nnc(SCC(=O)Nc3ccc(C(C)C)cc3)n2C)cc1. The molecule has 3 aromatic rings. The minimum Gasteiger partial charge on any atom is -0.497 e. The molecule has 0 aliphatic heterocycles. The highest BCUT2D eigenvalue weighted by Crippen LogP contribution is 2.25. The highest BCUT2D eigenvalue weighted by Gasteiger charge is 2.18. The van der Waals surface area contributed by atoms with Gasteiger partial charge in [-0.25, -0.2) is 0 Å². The van der Waals surface area contributed by atoms with E-state index in [1.807, 2.05) is 67.1 Å². The second-order valence-corrected chi connectivity index (χ2v) is 8.39. The number of hydrogen-bond donors (Lipinski definition) is 1. The number of amides is 1. The van der Waals surface area contributed by atoms with Gasteiger partial charge in [-0.3, -0.25) is 4.79 Å². The van der Waals surface area contributed by atoms with E-state index < -0.39 is 0 Å². The van der Waals surface area contributed by atoms with Gasteiger partial charge in [0.2, 0.25) is 5.91 Å². The van der Waals surface area contributed by atoms with E-state index in [9.17, 15) is 4.79 Å². The minimum absolute atomic E-state index is 0.0885. The van der Waals surface area contributed by atoms with Crippen LogP contribution >= 0.6 is 11.8 Å². The predicted octanol–water partition coefficient (Wildman–Crippen LogP) is 4.82. The number of nitrogens with one attached hydrogen (secondary N) is 1. The van der Waals surface area contributed by atoms with Gasteiger partial charge in [-0.2, -0.15) is 0 Å². The van der Waals surface area contributed by atoms with Crippen LogP contribution in [0.1, 0.15) is 44.2 Å². The van der Waals surface area contributed by atoms with Crippen LogP contribution in [-0.4, -0.2) is 33.5 Å². The van der Waals surface area contributed by atoms with Crippen LogP contribution in [-0.2, 0) is 11.8 Å². The van der Waals surface area contributed by atoms with Gasteiger partial charge in [-0.1, -0.05) is 37.7 Å². The summed E-state index contributed by atoms with van der Waals surface area (Å²) >= 11 is 1.34. The third-order valence-electron chi connectivity index (χ3n) is 4.80. The Morgan fingerprint density at radius 3 is 2.29 bits per heavy atom. The molecule has 164 valence electrons. The lowest BCUT2D eigenvalue weighted by atomic mass is 10.0. The van der Waals surface area contributed by atoms with E-state index in [1.165, 1.54) is 17.3 Å². The van der Waals surface area contributed by atoms with E-state index in [4.69, 9.17) is 9.47 Å². The number of anilines is 1. The van der Waals surface area contributed by atoms with E-state index in [1.54, 1.807) is 7.11 Å². The zero-order valence-electron chi connectivity index (χ0n) is 18.5. The molecule has 1 aromatic heterocycles. The zero-order chi connectivity index (χ0) is 22.4. The molecule has 0 fully saturated rings. The summed E-state index contributed by atoms with van der Waals surface area (Å²) in [5, 5.41) is 12.0. The number of carbonyl (C=O) groups excluding carboxylic acids is 1. The monoisotopic (exact) mass is 440 g/mol. The van der Waals surface area contributed by atoms with Crippen molar-refractivity contribution in [3.05, 3.63) is 59.9 Å². The average Bonchev–Trinajstić information content (AvgIpc) is 3.13. The van der Waals surface area contributed by atoms with Crippen LogP contribution in [0.5, 0.6) is 11.5 Å². The lowest BCUT2D eigenvalue weighted by molar-refractivity contribution is -0.113. The first-order valence-electron chi connectivity index (χ1n) is 10.1. The van der Waals surface area contributed by atoms with E-state index in [-0.39, 0.29) is 17.8 Å². The first-order valence-corrected chi connectivity index (χ1v) is 11.1. The standard InChI is InChI=1S/C23H28N4O3S/c1-15(2)17-6-8-18(9-7-17)24-21(28)14-31-23-26-25-22(27(23)4)16(3)30-20-12-10-19(29-5)11-13-20/h6-13,15-16H,14H2,1-5H3,(H,24,28). The summed E-state index contributed by atoms with van der Waals surface area (Å²) in [6.07, 6.45) is -0.298. The number of thioether (sulfide) groups is 1. The Labute approximate surface area is 187 Å². The van der Waals surface area contributed by atoms with Gasteiger partial charge in [0, 0.05) is 12.7 Å². The molecule has 1 amide bonds. The number of rotatable bonds is 9. The Bertz CT molecular complexity index is 1000. The lowest BCUT2D eigenvalue weighted by Gasteiger charge is -2.14. The number of hydrogen-bond acceptors (Lipinski definition) is 6. The fraction of sp³-hybridized carbons (Fsp3) is 0.348. The average molecular weight is 441 g/mol. The summed E-state index contributed by atoms with van der Waals surface area (Å²) in [4.78, 5) is 12.3. The molecule has 1 atom stereocenters. The molecule has 1 unspecified atom stereocenters. The van der Waals surface area contributed by atoms with Crippen LogP contribution < -0.4 is 14.8 Å². The molecule has 3 rings (SSSR count). The van der Waals surface area contributed by atoms with Crippen molar-refractivity contribution in [1.29, 1.82) is 0 Å². The number of aromatic nitrogens is 3. The Balaban J connectivity index is 1.54. The fourth-order valence-electron chi connectivity index (χ4n) is 3.00. The highest BCUT2D eigenvalue weighted by atomic mass is 32.2. The Hall–Kier alpha value is -3.00. The van der Waals surface area contributed by atoms with Gasteiger partial charge in [0.15, 0.2) is 17.1 Å². The van der Waals surface area contributed by atoms with Gasteiger partial charge < -0.3 is 19.4 Å². The number of ether oxygens (including phenoxy) is 2. The largest absolute Gasteiger partial charge is 0.497 e. The van der Waals surface area contributed by atoms with Crippen molar-refractivity contribution < 1.29 is 14.3 Å². The molecular weight excluding hydrogens is 412 g/mol. The van der Waals surface area contributed by atoms with Crippen LogP contribution in [0.3, 0.4) is 0 Å². The molecule has 0 aliphatic rings. The van der Waals surface area contributed by atoms with Crippen molar-refractivity contribution in [2.75, 3.05) is 18.2 Å². The van der Waals surface area contributed by atoms with Gasteiger partial charge >= 0.3 is 0 Å². The molecular formula is C23H28N4O3S. The van der Waals surface area contributed by atoms with Crippen molar-refractivity contribution >= 4 is 23.4 Å². The molecule has 0 bridgehead atoms. The smallest absolute Gasteiger partial charge is 0.234 e. The van der Waals surface area contributed by atoms with Crippen LogP contribution in [0.15, 0.2) is 53.7 Å². The summed E-state index contributed by atoms with van der Waals surface area (Å²) in [5.74, 6) is 2.78. The molecule has 31 heavy (non-hydrogen) atoms. The molecule has 0 radical (unpaired) electrons. The zero-order valence-corrected chi connectivity index (χ0v) is 19.3. The normalized spacial score (nSPS) is 11.9. The topological polar surface area (TPSA) is 78.3 Å². The minimum atomic E-state index is -0.298. The summed E-state index contributed by atoms with van der Waals surface area (Å²) in [6, 6.07) is 15.3. The third kappa shape index (κ3) is 6.01. The van der Waals surface area contributed by atoms with Gasteiger partial charge in [0.25, 0.3) is 0 Å². The van der Waals surface area contributed by atoms with Crippen molar-refractivity contribution in [1.82, 2.24) is 14.8 Å². The molecule has 1 heterocycles. The van der Waals surface area contributed by atoms with Gasteiger partial charge in [0.05, 0.1) is 12.9 Å². The second-order valence-electron chi connectivity index (χ2n) is 7.45. The first kappa shape index (κ1) is 22.7. The summed E-state index contributed by atoms with van der Waals surface area (Å²) < 4.78 is 13.0. The Morgan fingerprint density at radius 1 is 1.03 bits per heavy atom. The predicted molar refractivity (Wildman–Crippen MR) is 123 cm³/mol. The first-order chi connectivity index (χ1) is 14.9. The highest BCUT2D eigenvalue weighted by molar-refractivity contribution is 7.99. The van der Waals surface area contributed by atoms with Gasteiger partial charge in [-0.05, 0) is 54.8 Å². The van der Waals surface area contributed by atoms with Crippen molar-refractivity contribution in [2.45, 2.75) is 37.9 Å². The van der Waals surface area contributed by atoms with Crippen LogP contribution in [0.2, 0.25) is 0 Å². The number of methoxy groups -OCH3 is 1. The maximum Gasteiger partial charge on any atom is 0.234 e. The summed E-state index contributed by atoms with van der Waals surface area (Å²) in [5.41, 5.74) is 2.03. The van der Waals surface area contributed by atoms with Gasteiger partial charge in [0.1, 0.15) is 11.5 Å². The Kier molecular flexibility index (Phi) is 7.57. The van der Waals surface area contributed by atoms with Crippen molar-refractivity contribution in [3.8, 4) is 11.5 Å². The van der Waals surface area contributed by atoms with Gasteiger partial charge in [-0.15, -0.1) is 10.2 Å². The third-order valence-corrected chi connectivity index (χ3v) is 5.82. The molecule has 0 spiro atoms. The summed E-state index contributed by atoms with van der Waals surface area (Å²) in [7, 11) is 3.49. The number of carbonyl (C=O) groups is 1. The van der Waals surface area contributed by atoms with Crippen molar-refractivity contribution in [3.63, 3.8) is 0 Å². The van der Waals surface area contributed by atoms with E-state index in [0.29, 0.717) is 22.6 Å². The van der Waals surface area contributed by atoms with E-state index >= 15 is 0 Å². The molecule has 1 N–H and O–H groups in total. The van der Waals surface area contributed by atoms with Crippen molar-refractivity contribution in [2.24, 2.45) is 7.05 Å². The van der Waals surface area contributed by atoms with Crippen LogP contribution in [0, 0.1) is 0 Å².